The molecule has 0 spiro atoms. The number of halogens is 1. The van der Waals surface area contributed by atoms with E-state index in [2.05, 4.69) is 4.74 Å². The maximum Gasteiger partial charge on any atom is 0.366 e. The fourth-order valence-corrected chi connectivity index (χ4v) is 0.499. The van der Waals surface area contributed by atoms with Crippen LogP contribution in [-0.2, 0) is 9.53 Å². The number of nitrogens with two attached hydrogens (primary N) is 1. The van der Waals surface area contributed by atoms with Crippen LogP contribution in [0.5, 0.6) is 0 Å². The van der Waals surface area contributed by atoms with E-state index in [1.807, 2.05) is 0 Å². The maximum atomic E-state index is 12.5. The molecule has 0 radical (unpaired) electrons. The summed E-state index contributed by atoms with van der Waals surface area (Å²) in [5.41, 5.74) is 5.20. The Morgan fingerprint density at radius 1 is 1.82 bits per heavy atom. The van der Waals surface area contributed by atoms with Gasteiger partial charge in [-0.25, -0.2) is 4.79 Å². The highest BCUT2D eigenvalue weighted by molar-refractivity contribution is 5.85. The predicted molar refractivity (Wildman–Crippen MR) is 39.5 cm³/mol. The molecule has 0 fully saturated rings. The van der Waals surface area contributed by atoms with Crippen LogP contribution in [0.3, 0.4) is 0 Å². The molecule has 0 aromatic carbocycles. The minimum atomic E-state index is -0.954. The van der Waals surface area contributed by atoms with Gasteiger partial charge in [-0.3, -0.25) is 0 Å². The molecule has 0 rings (SSSR count). The number of esters is 1. The van der Waals surface area contributed by atoms with E-state index < -0.39 is 17.8 Å². The lowest BCUT2D eigenvalue weighted by Crippen LogP contribution is -2.14. The summed E-state index contributed by atoms with van der Waals surface area (Å²) in [5.74, 6) is -1.88. The Hall–Kier alpha value is -0.900. The van der Waals surface area contributed by atoms with E-state index in [-0.39, 0.29) is 6.61 Å². The maximum absolute atomic E-state index is 12.5. The first-order chi connectivity index (χ1) is 5.07. The van der Waals surface area contributed by atoms with Crippen molar-refractivity contribution in [2.24, 2.45) is 5.73 Å². The van der Waals surface area contributed by atoms with Crippen molar-refractivity contribution in [1.82, 2.24) is 0 Å². The molecule has 1 atom stereocenters. The normalized spacial score (nSPS) is 14.4. The zero-order valence-electron chi connectivity index (χ0n) is 6.63. The number of carbonyl (C=O) groups excluding carboxylic acids is 1. The Labute approximate surface area is 65.0 Å². The standard InChI is InChI=1S/C7H12FNO2/c1-3-11-7(10)6(8)4-5(2)9/h4-5H,3,9H2,1-2H3/b6-4-. The summed E-state index contributed by atoms with van der Waals surface area (Å²) in [6.07, 6.45) is 1.01. The van der Waals surface area contributed by atoms with E-state index in [4.69, 9.17) is 5.73 Å². The molecule has 0 aromatic rings. The molecular formula is C7H12FNO2. The van der Waals surface area contributed by atoms with Gasteiger partial charge in [-0.1, -0.05) is 0 Å². The molecule has 0 saturated heterocycles. The third-order valence-electron chi connectivity index (χ3n) is 0.880. The largest absolute Gasteiger partial charge is 0.461 e. The van der Waals surface area contributed by atoms with Crippen LogP contribution in [0, 0.1) is 0 Å². The first kappa shape index (κ1) is 10.1. The molecule has 0 bridgehead atoms. The first-order valence-electron chi connectivity index (χ1n) is 3.38. The Morgan fingerprint density at radius 2 is 2.36 bits per heavy atom. The minimum Gasteiger partial charge on any atom is -0.461 e. The van der Waals surface area contributed by atoms with Crippen LogP contribution in [-0.4, -0.2) is 18.6 Å². The van der Waals surface area contributed by atoms with Gasteiger partial charge in [0.15, 0.2) is 0 Å². The second kappa shape index (κ2) is 4.85. The molecule has 1 unspecified atom stereocenters. The van der Waals surface area contributed by atoms with Gasteiger partial charge in [0.1, 0.15) is 0 Å². The summed E-state index contributed by atoms with van der Waals surface area (Å²) in [7, 11) is 0. The fourth-order valence-electron chi connectivity index (χ4n) is 0.499. The lowest BCUT2D eigenvalue weighted by atomic mass is 10.3. The number of carbonyl (C=O) groups is 1. The fraction of sp³-hybridized carbons (Fsp3) is 0.571. The van der Waals surface area contributed by atoms with E-state index >= 15 is 0 Å². The Balaban J connectivity index is 4.01. The molecule has 3 nitrogen and oxygen atoms in total. The van der Waals surface area contributed by atoms with Crippen LogP contribution < -0.4 is 5.73 Å². The van der Waals surface area contributed by atoms with Crippen molar-refractivity contribution in [3.05, 3.63) is 11.9 Å². The Kier molecular flexibility index (Phi) is 4.45. The van der Waals surface area contributed by atoms with Crippen molar-refractivity contribution in [1.29, 1.82) is 0 Å². The molecule has 0 aromatic heterocycles. The van der Waals surface area contributed by atoms with Crippen molar-refractivity contribution in [3.8, 4) is 0 Å². The zero-order chi connectivity index (χ0) is 8.85. The number of hydrogen-bond donors (Lipinski definition) is 1. The molecule has 0 saturated carbocycles. The quantitative estimate of drug-likeness (QED) is 0.491. The molecule has 0 aliphatic rings. The molecule has 64 valence electrons. The van der Waals surface area contributed by atoms with Gasteiger partial charge < -0.3 is 10.5 Å². The van der Waals surface area contributed by atoms with Crippen LogP contribution in [0.15, 0.2) is 11.9 Å². The van der Waals surface area contributed by atoms with Crippen molar-refractivity contribution < 1.29 is 13.9 Å². The van der Waals surface area contributed by atoms with E-state index in [1.165, 1.54) is 0 Å². The number of ether oxygens (including phenoxy) is 1. The first-order valence-corrected chi connectivity index (χ1v) is 3.38. The highest BCUT2D eigenvalue weighted by Crippen LogP contribution is 2.00. The van der Waals surface area contributed by atoms with Crippen molar-refractivity contribution in [3.63, 3.8) is 0 Å². The SMILES string of the molecule is CCOC(=O)/C(F)=C/C(C)N. The molecule has 0 amide bonds. The predicted octanol–water partition coefficient (Wildman–Crippen LogP) is 0.750. The van der Waals surface area contributed by atoms with E-state index in [9.17, 15) is 9.18 Å². The lowest BCUT2D eigenvalue weighted by Gasteiger charge is -1.99. The third-order valence-corrected chi connectivity index (χ3v) is 0.880. The van der Waals surface area contributed by atoms with Gasteiger partial charge in [-0.2, -0.15) is 4.39 Å². The van der Waals surface area contributed by atoms with Crippen LogP contribution in [0.25, 0.3) is 0 Å². The molecule has 11 heavy (non-hydrogen) atoms. The smallest absolute Gasteiger partial charge is 0.366 e. The van der Waals surface area contributed by atoms with Gasteiger partial charge in [0.05, 0.1) is 6.61 Å². The molecule has 4 heteroatoms. The van der Waals surface area contributed by atoms with Crippen LogP contribution in [0.2, 0.25) is 0 Å². The second-order valence-electron chi connectivity index (χ2n) is 2.09. The van der Waals surface area contributed by atoms with E-state index in [1.54, 1.807) is 13.8 Å². The molecule has 0 heterocycles. The number of rotatable bonds is 3. The molecule has 2 N–H and O–H groups in total. The topological polar surface area (TPSA) is 52.3 Å². The van der Waals surface area contributed by atoms with Gasteiger partial charge in [-0.15, -0.1) is 0 Å². The summed E-state index contributed by atoms with van der Waals surface area (Å²) >= 11 is 0. The van der Waals surface area contributed by atoms with Crippen LogP contribution in [0.4, 0.5) is 4.39 Å². The Bertz CT molecular complexity index is 166. The molecular weight excluding hydrogens is 149 g/mol. The van der Waals surface area contributed by atoms with Gasteiger partial charge in [0.25, 0.3) is 0 Å². The minimum absolute atomic E-state index is 0.166. The molecule has 0 aliphatic carbocycles. The highest BCUT2D eigenvalue weighted by Gasteiger charge is 2.08. The average Bonchev–Trinajstić information content (AvgIpc) is 1.86. The second-order valence-corrected chi connectivity index (χ2v) is 2.09. The highest BCUT2D eigenvalue weighted by atomic mass is 19.1. The summed E-state index contributed by atoms with van der Waals surface area (Å²) in [4.78, 5) is 10.6. The van der Waals surface area contributed by atoms with E-state index in [0.717, 1.165) is 6.08 Å². The van der Waals surface area contributed by atoms with Crippen molar-refractivity contribution in [2.45, 2.75) is 19.9 Å². The van der Waals surface area contributed by atoms with Crippen LogP contribution in [0.1, 0.15) is 13.8 Å². The van der Waals surface area contributed by atoms with Gasteiger partial charge in [0, 0.05) is 6.04 Å². The average molecular weight is 161 g/mol. The molecule has 0 aliphatic heterocycles. The summed E-state index contributed by atoms with van der Waals surface area (Å²) in [5, 5.41) is 0. The number of hydrogen-bond acceptors (Lipinski definition) is 3. The van der Waals surface area contributed by atoms with Gasteiger partial charge >= 0.3 is 5.97 Å². The summed E-state index contributed by atoms with van der Waals surface area (Å²) in [6, 6.07) is -0.473. The van der Waals surface area contributed by atoms with E-state index in [0.29, 0.717) is 0 Å². The van der Waals surface area contributed by atoms with Crippen molar-refractivity contribution >= 4 is 5.97 Å². The summed E-state index contributed by atoms with van der Waals surface area (Å²) < 4.78 is 16.9. The third kappa shape index (κ3) is 4.50. The Morgan fingerprint density at radius 3 is 2.73 bits per heavy atom. The summed E-state index contributed by atoms with van der Waals surface area (Å²) in [6.45, 7) is 3.34. The van der Waals surface area contributed by atoms with Crippen molar-refractivity contribution in [2.75, 3.05) is 6.61 Å². The van der Waals surface area contributed by atoms with Gasteiger partial charge in [0.2, 0.25) is 5.83 Å². The van der Waals surface area contributed by atoms with Gasteiger partial charge in [-0.05, 0) is 19.9 Å². The monoisotopic (exact) mass is 161 g/mol. The van der Waals surface area contributed by atoms with Crippen LogP contribution >= 0.6 is 0 Å². The zero-order valence-corrected chi connectivity index (χ0v) is 6.63. The lowest BCUT2D eigenvalue weighted by molar-refractivity contribution is -0.140.